The lowest BCUT2D eigenvalue weighted by Crippen LogP contribution is -2.05. The Morgan fingerprint density at radius 1 is 1.39 bits per heavy atom. The van der Waals surface area contributed by atoms with Crippen LogP contribution >= 0.6 is 0 Å². The van der Waals surface area contributed by atoms with Crippen molar-refractivity contribution in [3.63, 3.8) is 0 Å². The van der Waals surface area contributed by atoms with Crippen LogP contribution in [-0.4, -0.2) is 12.6 Å². The summed E-state index contributed by atoms with van der Waals surface area (Å²) >= 11 is 0. The summed E-state index contributed by atoms with van der Waals surface area (Å²) in [6, 6.07) is 9.18. The zero-order chi connectivity index (χ0) is 13.4. The normalized spacial score (nSPS) is 11.3. The molecule has 0 heterocycles. The molecule has 0 aromatic heterocycles. The molecule has 3 heteroatoms. The van der Waals surface area contributed by atoms with Crippen molar-refractivity contribution < 1.29 is 9.53 Å². The minimum absolute atomic E-state index is 0.329. The monoisotopic (exact) mass is 241 g/mol. The number of esters is 1. The Morgan fingerprint density at radius 2 is 2.06 bits per heavy atom. The summed E-state index contributed by atoms with van der Waals surface area (Å²) in [6.07, 6.45) is 5.23. The second-order valence-electron chi connectivity index (χ2n) is 3.53. The van der Waals surface area contributed by atoms with Crippen molar-refractivity contribution in [3.8, 4) is 6.07 Å². The van der Waals surface area contributed by atoms with E-state index in [1.807, 2.05) is 18.2 Å². The van der Waals surface area contributed by atoms with E-state index in [9.17, 15) is 4.79 Å². The molecule has 0 fully saturated rings. The molecule has 0 N–H and O–H groups in total. The average Bonchev–Trinajstić information content (AvgIpc) is 2.40. The van der Waals surface area contributed by atoms with Crippen molar-refractivity contribution in [2.24, 2.45) is 0 Å². The summed E-state index contributed by atoms with van der Waals surface area (Å²) in [7, 11) is 0. The first-order valence-corrected chi connectivity index (χ1v) is 5.73. The Hall–Kier alpha value is -2.34. The molecule has 1 aromatic rings. The predicted molar refractivity (Wildman–Crippen MR) is 70.6 cm³/mol. The van der Waals surface area contributed by atoms with Crippen LogP contribution in [-0.2, 0) is 9.53 Å². The van der Waals surface area contributed by atoms with Crippen molar-refractivity contribution in [1.82, 2.24) is 0 Å². The molecule has 0 aliphatic carbocycles. The quantitative estimate of drug-likeness (QED) is 0.462. The highest BCUT2D eigenvalue weighted by molar-refractivity contribution is 5.92. The van der Waals surface area contributed by atoms with E-state index in [2.05, 4.69) is 6.07 Å². The van der Waals surface area contributed by atoms with Crippen molar-refractivity contribution >= 4 is 12.0 Å². The number of rotatable bonds is 4. The summed E-state index contributed by atoms with van der Waals surface area (Å²) in [5.41, 5.74) is 2.06. The highest BCUT2D eigenvalue weighted by Gasteiger charge is 2.04. The Balaban J connectivity index is 2.78. The summed E-state index contributed by atoms with van der Waals surface area (Å²) in [5.74, 6) is -0.329. The minimum Gasteiger partial charge on any atom is -0.462 e. The van der Waals surface area contributed by atoms with Gasteiger partial charge in [0.1, 0.15) is 0 Å². The van der Waals surface area contributed by atoms with Crippen LogP contribution in [0.5, 0.6) is 0 Å². The predicted octanol–water partition coefficient (Wildman–Crippen LogP) is 3.08. The number of hydrogen-bond donors (Lipinski definition) is 0. The van der Waals surface area contributed by atoms with Crippen molar-refractivity contribution in [1.29, 1.82) is 5.26 Å². The molecule has 0 bridgehead atoms. The number of carbonyl (C=O) groups is 1. The lowest BCUT2D eigenvalue weighted by molar-refractivity contribution is -0.138. The van der Waals surface area contributed by atoms with Gasteiger partial charge >= 0.3 is 5.97 Å². The van der Waals surface area contributed by atoms with Gasteiger partial charge in [-0.15, -0.1) is 0 Å². The zero-order valence-electron chi connectivity index (χ0n) is 10.5. The maximum atomic E-state index is 11.5. The van der Waals surface area contributed by atoms with Gasteiger partial charge in [-0.3, -0.25) is 0 Å². The van der Waals surface area contributed by atoms with Crippen LogP contribution in [0.25, 0.3) is 6.08 Å². The molecular weight excluding hydrogens is 226 g/mol. The van der Waals surface area contributed by atoms with Gasteiger partial charge < -0.3 is 4.74 Å². The van der Waals surface area contributed by atoms with Crippen LogP contribution in [0, 0.1) is 11.3 Å². The molecule has 0 aliphatic heterocycles. The summed E-state index contributed by atoms with van der Waals surface area (Å²) in [6.45, 7) is 3.92. The highest BCUT2D eigenvalue weighted by Crippen LogP contribution is 2.08. The van der Waals surface area contributed by atoms with Gasteiger partial charge in [-0.05, 0) is 37.6 Å². The Kier molecular flexibility index (Phi) is 5.40. The molecule has 18 heavy (non-hydrogen) atoms. The number of hydrogen-bond acceptors (Lipinski definition) is 3. The third-order valence-electron chi connectivity index (χ3n) is 2.32. The van der Waals surface area contributed by atoms with E-state index < -0.39 is 0 Å². The SMILES string of the molecule is C/C=C(\C=C\c1ccc(C#N)cc1)C(=O)OCC. The summed E-state index contributed by atoms with van der Waals surface area (Å²) in [4.78, 5) is 11.5. The van der Waals surface area contributed by atoms with Gasteiger partial charge in [0.25, 0.3) is 0 Å². The molecule has 0 saturated heterocycles. The first kappa shape index (κ1) is 13.7. The van der Waals surface area contributed by atoms with Gasteiger partial charge in [0, 0.05) is 0 Å². The minimum atomic E-state index is -0.329. The van der Waals surface area contributed by atoms with Gasteiger partial charge in [0.15, 0.2) is 0 Å². The molecular formula is C15H15NO2. The van der Waals surface area contributed by atoms with Crippen LogP contribution in [0.4, 0.5) is 0 Å². The fourth-order valence-electron chi connectivity index (χ4n) is 1.35. The number of benzene rings is 1. The third kappa shape index (κ3) is 3.91. The van der Waals surface area contributed by atoms with E-state index in [0.29, 0.717) is 17.7 Å². The number of nitrogens with zero attached hydrogens (tertiary/aromatic N) is 1. The van der Waals surface area contributed by atoms with E-state index in [0.717, 1.165) is 5.56 Å². The molecule has 0 atom stereocenters. The molecule has 1 aromatic carbocycles. The molecule has 1 rings (SSSR count). The van der Waals surface area contributed by atoms with Crippen molar-refractivity contribution in [2.45, 2.75) is 13.8 Å². The lowest BCUT2D eigenvalue weighted by Gasteiger charge is -2.01. The average molecular weight is 241 g/mol. The number of allylic oxidation sites excluding steroid dienone is 1. The van der Waals surface area contributed by atoms with Crippen LogP contribution in [0.15, 0.2) is 42.0 Å². The van der Waals surface area contributed by atoms with Gasteiger partial charge in [-0.25, -0.2) is 4.79 Å². The molecule has 0 amide bonds. The lowest BCUT2D eigenvalue weighted by atomic mass is 10.1. The second-order valence-corrected chi connectivity index (χ2v) is 3.53. The highest BCUT2D eigenvalue weighted by atomic mass is 16.5. The fourth-order valence-corrected chi connectivity index (χ4v) is 1.35. The van der Waals surface area contributed by atoms with Gasteiger partial charge in [-0.2, -0.15) is 5.26 Å². The number of nitriles is 1. The van der Waals surface area contributed by atoms with Gasteiger partial charge in [0.2, 0.25) is 0 Å². The molecule has 3 nitrogen and oxygen atoms in total. The maximum Gasteiger partial charge on any atom is 0.337 e. The smallest absolute Gasteiger partial charge is 0.337 e. The number of ether oxygens (including phenoxy) is 1. The Bertz CT molecular complexity index is 504. The largest absolute Gasteiger partial charge is 0.462 e. The molecule has 0 spiro atoms. The van der Waals surface area contributed by atoms with Crippen molar-refractivity contribution in [2.75, 3.05) is 6.61 Å². The Labute approximate surface area is 107 Å². The third-order valence-corrected chi connectivity index (χ3v) is 2.32. The van der Waals surface area contributed by atoms with E-state index >= 15 is 0 Å². The number of carbonyl (C=O) groups excluding carboxylic acids is 1. The Morgan fingerprint density at radius 3 is 2.56 bits per heavy atom. The topological polar surface area (TPSA) is 50.1 Å². The van der Waals surface area contributed by atoms with E-state index in [-0.39, 0.29) is 5.97 Å². The zero-order valence-corrected chi connectivity index (χ0v) is 10.5. The van der Waals surface area contributed by atoms with Gasteiger partial charge in [0.05, 0.1) is 23.8 Å². The van der Waals surface area contributed by atoms with E-state index in [1.165, 1.54) is 0 Å². The van der Waals surface area contributed by atoms with Crippen LogP contribution in [0.2, 0.25) is 0 Å². The molecule has 0 unspecified atom stereocenters. The van der Waals surface area contributed by atoms with Crippen LogP contribution < -0.4 is 0 Å². The molecule has 92 valence electrons. The van der Waals surface area contributed by atoms with E-state index in [4.69, 9.17) is 10.00 Å². The summed E-state index contributed by atoms with van der Waals surface area (Å²) in [5, 5.41) is 8.68. The standard InChI is InChI=1S/C15H15NO2/c1-3-14(15(17)18-4-2)10-9-12-5-7-13(11-16)8-6-12/h3,5-10H,4H2,1-2H3/b10-9+,14-3+. The summed E-state index contributed by atoms with van der Waals surface area (Å²) < 4.78 is 4.92. The van der Waals surface area contributed by atoms with Crippen LogP contribution in [0.1, 0.15) is 25.0 Å². The van der Waals surface area contributed by atoms with Crippen molar-refractivity contribution in [3.05, 3.63) is 53.1 Å². The first-order valence-electron chi connectivity index (χ1n) is 5.73. The van der Waals surface area contributed by atoms with Gasteiger partial charge in [-0.1, -0.05) is 24.3 Å². The molecule has 0 saturated carbocycles. The van der Waals surface area contributed by atoms with Crippen LogP contribution in [0.3, 0.4) is 0 Å². The van der Waals surface area contributed by atoms with E-state index in [1.54, 1.807) is 38.1 Å². The maximum absolute atomic E-state index is 11.5. The first-order chi connectivity index (χ1) is 8.71. The molecule has 0 aliphatic rings. The second kappa shape index (κ2) is 7.08. The fraction of sp³-hybridized carbons (Fsp3) is 0.200. The molecule has 0 radical (unpaired) electrons.